The van der Waals surface area contributed by atoms with Crippen LogP contribution in [0.15, 0.2) is 115 Å². The summed E-state index contributed by atoms with van der Waals surface area (Å²) in [5.74, 6) is -1.90. The van der Waals surface area contributed by atoms with Crippen LogP contribution < -0.4 is 0 Å². The predicted octanol–water partition coefficient (Wildman–Crippen LogP) is 11.5. The van der Waals surface area contributed by atoms with Gasteiger partial charge in [-0.1, -0.05) is 66.7 Å². The molecule has 8 rings (SSSR count). The van der Waals surface area contributed by atoms with Crippen molar-refractivity contribution >= 4 is 43.6 Å². The summed E-state index contributed by atoms with van der Waals surface area (Å²) in [7, 11) is 0. The zero-order valence-electron chi connectivity index (χ0n) is 24.8. The highest BCUT2D eigenvalue weighted by Gasteiger charge is 2.41. The van der Waals surface area contributed by atoms with Crippen molar-refractivity contribution in [1.29, 1.82) is 0 Å². The fourth-order valence-corrected chi connectivity index (χ4v) is 6.90. The lowest BCUT2D eigenvalue weighted by atomic mass is 9.96. The maximum absolute atomic E-state index is 15.9. The van der Waals surface area contributed by atoms with Gasteiger partial charge in [0.2, 0.25) is 0 Å². The van der Waals surface area contributed by atoms with E-state index < -0.39 is 28.9 Å². The van der Waals surface area contributed by atoms with E-state index in [0.717, 1.165) is 44.8 Å². The van der Waals surface area contributed by atoms with Crippen molar-refractivity contribution in [3.8, 4) is 22.5 Å². The van der Waals surface area contributed by atoms with Crippen molar-refractivity contribution in [2.75, 3.05) is 0 Å². The number of fused-ring (bicyclic) bond motifs is 6. The second-order valence-electron chi connectivity index (χ2n) is 11.7. The fraction of sp³-hybridized carbons (Fsp3) is 0.0769. The van der Waals surface area contributed by atoms with Crippen LogP contribution in [0, 0.1) is 25.5 Å². The zero-order chi connectivity index (χ0) is 31.9. The van der Waals surface area contributed by atoms with Gasteiger partial charge in [0.15, 0.2) is 0 Å². The molecule has 0 atom stereocenters. The number of nitrogens with zero attached hydrogens (tertiary/aromatic N) is 2. The van der Waals surface area contributed by atoms with Crippen LogP contribution in [-0.4, -0.2) is 9.13 Å². The van der Waals surface area contributed by atoms with Gasteiger partial charge in [0.05, 0.1) is 39.0 Å². The first-order valence-electron chi connectivity index (χ1n) is 14.8. The van der Waals surface area contributed by atoms with E-state index in [0.29, 0.717) is 22.1 Å². The van der Waals surface area contributed by atoms with Crippen LogP contribution >= 0.6 is 0 Å². The van der Waals surface area contributed by atoms with Gasteiger partial charge in [-0.2, -0.15) is 13.2 Å². The molecule has 46 heavy (non-hydrogen) atoms. The Kier molecular flexibility index (Phi) is 6.13. The second kappa shape index (κ2) is 10.0. The molecule has 0 saturated heterocycles. The van der Waals surface area contributed by atoms with Crippen LogP contribution in [0.5, 0.6) is 0 Å². The molecule has 0 saturated carbocycles. The Morgan fingerprint density at radius 1 is 0.500 bits per heavy atom. The lowest BCUT2D eigenvalue weighted by Gasteiger charge is -2.24. The Morgan fingerprint density at radius 2 is 1.00 bits per heavy atom. The third-order valence-corrected chi connectivity index (χ3v) is 8.79. The lowest BCUT2D eigenvalue weighted by Crippen LogP contribution is -2.17. The summed E-state index contributed by atoms with van der Waals surface area (Å²) in [6.07, 6.45) is -4.94. The van der Waals surface area contributed by atoms with Crippen molar-refractivity contribution in [2.24, 2.45) is 0 Å². The molecule has 0 N–H and O–H groups in total. The van der Waals surface area contributed by atoms with E-state index in [1.807, 2.05) is 74.5 Å². The first kappa shape index (κ1) is 28.1. The lowest BCUT2D eigenvalue weighted by molar-refractivity contribution is -0.137. The largest absolute Gasteiger partial charge is 0.420 e. The van der Waals surface area contributed by atoms with Gasteiger partial charge in [-0.15, -0.1) is 0 Å². The molecule has 0 aliphatic carbocycles. The highest BCUT2D eigenvalue weighted by Crippen LogP contribution is 2.48. The van der Waals surface area contributed by atoms with Gasteiger partial charge in [0, 0.05) is 27.1 Å². The highest BCUT2D eigenvalue weighted by molar-refractivity contribution is 6.11. The summed E-state index contributed by atoms with van der Waals surface area (Å²) in [6.45, 7) is 3.75. The average molecular weight is 617 g/mol. The summed E-state index contributed by atoms with van der Waals surface area (Å²) in [4.78, 5) is 0. The SMILES string of the molecule is Cc1ccc2c3ccccc3n(-c3ccc(-c4c(F)cccc4F)c(-n4c5ccccc5c5ccc(C)cc54)c3C(F)(F)F)c2c1. The summed E-state index contributed by atoms with van der Waals surface area (Å²) in [6, 6.07) is 31.9. The molecule has 7 heteroatoms. The number of alkyl halides is 3. The van der Waals surface area contributed by atoms with Crippen LogP contribution in [0.1, 0.15) is 16.7 Å². The van der Waals surface area contributed by atoms with Crippen LogP contribution in [0.2, 0.25) is 0 Å². The molecule has 2 aromatic heterocycles. The van der Waals surface area contributed by atoms with Gasteiger partial charge in [-0.05, 0) is 73.5 Å². The van der Waals surface area contributed by atoms with Crippen LogP contribution in [0.3, 0.4) is 0 Å². The molecular weight excluding hydrogens is 591 g/mol. The Morgan fingerprint density at radius 3 is 1.57 bits per heavy atom. The van der Waals surface area contributed by atoms with E-state index in [9.17, 15) is 0 Å². The molecule has 0 radical (unpaired) electrons. The molecule has 0 aliphatic rings. The number of hydrogen-bond acceptors (Lipinski definition) is 0. The third-order valence-electron chi connectivity index (χ3n) is 8.79. The number of aryl methyl sites for hydroxylation is 2. The minimum Gasteiger partial charge on any atom is -0.309 e. The Bertz CT molecular complexity index is 2500. The maximum Gasteiger partial charge on any atom is 0.420 e. The summed E-state index contributed by atoms with van der Waals surface area (Å²) >= 11 is 0. The highest BCUT2D eigenvalue weighted by atomic mass is 19.4. The number of aromatic nitrogens is 2. The number of hydrogen-bond donors (Lipinski definition) is 0. The van der Waals surface area contributed by atoms with Crippen molar-refractivity contribution < 1.29 is 22.0 Å². The number of benzene rings is 6. The van der Waals surface area contributed by atoms with E-state index in [1.54, 1.807) is 28.8 Å². The van der Waals surface area contributed by atoms with Gasteiger partial charge in [0.25, 0.3) is 0 Å². The monoisotopic (exact) mass is 616 g/mol. The van der Waals surface area contributed by atoms with E-state index >= 15 is 22.0 Å². The van der Waals surface area contributed by atoms with Gasteiger partial charge in [-0.25, -0.2) is 8.78 Å². The molecule has 2 heterocycles. The van der Waals surface area contributed by atoms with Crippen molar-refractivity contribution in [2.45, 2.75) is 20.0 Å². The zero-order valence-corrected chi connectivity index (χ0v) is 24.8. The van der Waals surface area contributed by atoms with Crippen LogP contribution in [0.25, 0.3) is 66.1 Å². The first-order valence-corrected chi connectivity index (χ1v) is 14.8. The minimum atomic E-state index is -4.94. The number of halogens is 5. The first-order chi connectivity index (χ1) is 22.1. The van der Waals surface area contributed by atoms with Crippen LogP contribution in [0.4, 0.5) is 22.0 Å². The minimum absolute atomic E-state index is 0.140. The molecule has 8 aromatic rings. The quantitative estimate of drug-likeness (QED) is 0.175. The molecule has 226 valence electrons. The Labute approximate surface area is 260 Å². The Balaban J connectivity index is 1.64. The molecular formula is C39H25F5N2. The van der Waals surface area contributed by atoms with E-state index in [-0.39, 0.29) is 16.9 Å². The van der Waals surface area contributed by atoms with Gasteiger partial charge >= 0.3 is 6.18 Å². The molecule has 0 spiro atoms. The van der Waals surface area contributed by atoms with Crippen molar-refractivity contribution in [3.05, 3.63) is 144 Å². The second-order valence-corrected chi connectivity index (χ2v) is 11.7. The van der Waals surface area contributed by atoms with E-state index in [1.165, 1.54) is 22.8 Å². The van der Waals surface area contributed by atoms with Crippen molar-refractivity contribution in [1.82, 2.24) is 9.13 Å². The smallest absolute Gasteiger partial charge is 0.309 e. The van der Waals surface area contributed by atoms with Crippen LogP contribution in [-0.2, 0) is 6.18 Å². The third kappa shape index (κ3) is 4.08. The summed E-state index contributed by atoms with van der Waals surface area (Å²) < 4.78 is 82.1. The summed E-state index contributed by atoms with van der Waals surface area (Å²) in [5, 5.41) is 3.05. The summed E-state index contributed by atoms with van der Waals surface area (Å²) in [5.41, 5.74) is 1.68. The topological polar surface area (TPSA) is 9.86 Å². The number of rotatable bonds is 3. The molecule has 0 fully saturated rings. The number of para-hydroxylation sites is 2. The average Bonchev–Trinajstić information content (AvgIpc) is 3.52. The molecule has 0 aliphatic heterocycles. The predicted molar refractivity (Wildman–Crippen MR) is 175 cm³/mol. The van der Waals surface area contributed by atoms with E-state index in [2.05, 4.69) is 0 Å². The maximum atomic E-state index is 15.9. The van der Waals surface area contributed by atoms with Gasteiger partial charge in [0.1, 0.15) is 17.2 Å². The van der Waals surface area contributed by atoms with Gasteiger partial charge < -0.3 is 9.13 Å². The molecule has 0 bridgehead atoms. The standard InChI is InChI=1S/C39H25F5N2/c1-22-14-16-26-24-8-3-5-12-31(24)45(34(26)20-22)33-19-18-28(36-29(40)10-7-11-30(36)41)38(37(33)39(42,43)44)46-32-13-6-4-9-25(32)27-17-15-23(2)21-35(27)46/h3-21H,1-2H3. The van der Waals surface area contributed by atoms with E-state index in [4.69, 9.17) is 0 Å². The van der Waals surface area contributed by atoms with Crippen molar-refractivity contribution in [3.63, 3.8) is 0 Å². The molecule has 0 unspecified atom stereocenters. The van der Waals surface area contributed by atoms with Gasteiger partial charge in [-0.3, -0.25) is 0 Å². The molecule has 6 aromatic carbocycles. The Hall–Kier alpha value is -5.43. The molecule has 2 nitrogen and oxygen atoms in total. The fourth-order valence-electron chi connectivity index (χ4n) is 6.90. The normalized spacial score (nSPS) is 12.2. The molecule has 0 amide bonds.